The second-order valence-electron chi connectivity index (χ2n) is 7.75. The van der Waals surface area contributed by atoms with Crippen LogP contribution in [0.15, 0.2) is 24.3 Å². The summed E-state index contributed by atoms with van der Waals surface area (Å²) < 4.78 is 5.61. The van der Waals surface area contributed by atoms with Gasteiger partial charge in [0.25, 0.3) is 11.8 Å². The molecule has 2 aliphatic carbocycles. The first-order valence-corrected chi connectivity index (χ1v) is 9.44. The van der Waals surface area contributed by atoms with Crippen LogP contribution in [0.5, 0.6) is 5.75 Å². The monoisotopic (exact) mass is 395 g/mol. The molecule has 2 bridgehead atoms. The number of nitrogens with two attached hydrogens (primary N) is 1. The molecule has 150 valence electrons. The minimum absolute atomic E-state index is 0. The molecular weight excluding hydrogens is 366 g/mol. The van der Waals surface area contributed by atoms with Gasteiger partial charge in [0, 0.05) is 26.2 Å². The molecule has 0 heterocycles. The van der Waals surface area contributed by atoms with Gasteiger partial charge >= 0.3 is 0 Å². The molecule has 0 aliphatic heterocycles. The summed E-state index contributed by atoms with van der Waals surface area (Å²) in [6.07, 6.45) is 5.45. The van der Waals surface area contributed by atoms with E-state index in [0.29, 0.717) is 23.1 Å². The maximum atomic E-state index is 12.9. The van der Waals surface area contributed by atoms with E-state index >= 15 is 0 Å². The number of benzene rings is 1. The van der Waals surface area contributed by atoms with Crippen molar-refractivity contribution in [3.05, 3.63) is 29.8 Å². The summed E-state index contributed by atoms with van der Waals surface area (Å²) in [6, 6.07) is 7.54. The molecule has 2 aliphatic rings. The van der Waals surface area contributed by atoms with Crippen molar-refractivity contribution in [3.63, 3.8) is 0 Å². The van der Waals surface area contributed by atoms with Crippen molar-refractivity contribution in [2.45, 2.75) is 44.2 Å². The predicted molar refractivity (Wildman–Crippen MR) is 107 cm³/mol. The SMILES string of the molecule is CN(C)C(=O)COc1ccccc1C(=O)NC1C2CCCC1CC(N)C2.Cl. The normalized spacial score (nSPS) is 26.5. The Balaban J connectivity index is 0.00000261. The number of para-hydroxylation sites is 1. The van der Waals surface area contributed by atoms with Crippen LogP contribution in [0.25, 0.3) is 0 Å². The molecule has 6 nitrogen and oxygen atoms in total. The number of hydrogen-bond donors (Lipinski definition) is 2. The molecular formula is C20H30ClN3O3. The molecule has 3 N–H and O–H groups in total. The quantitative estimate of drug-likeness (QED) is 0.800. The summed E-state index contributed by atoms with van der Waals surface area (Å²) in [5.74, 6) is 1.10. The van der Waals surface area contributed by atoms with Gasteiger partial charge in [-0.15, -0.1) is 12.4 Å². The second-order valence-corrected chi connectivity index (χ2v) is 7.75. The molecule has 27 heavy (non-hydrogen) atoms. The van der Waals surface area contributed by atoms with E-state index in [1.54, 1.807) is 32.3 Å². The highest BCUT2D eigenvalue weighted by Crippen LogP contribution is 2.39. The highest BCUT2D eigenvalue weighted by atomic mass is 35.5. The van der Waals surface area contributed by atoms with E-state index in [4.69, 9.17) is 10.5 Å². The number of fused-ring (bicyclic) bond motifs is 2. The van der Waals surface area contributed by atoms with E-state index in [1.165, 1.54) is 11.3 Å². The molecule has 2 amide bonds. The smallest absolute Gasteiger partial charge is 0.259 e. The lowest BCUT2D eigenvalue weighted by atomic mass is 9.67. The molecule has 0 spiro atoms. The number of nitrogens with zero attached hydrogens (tertiary/aromatic N) is 1. The Bertz CT molecular complexity index is 654. The van der Waals surface area contributed by atoms with Gasteiger partial charge < -0.3 is 20.7 Å². The first-order valence-electron chi connectivity index (χ1n) is 9.44. The van der Waals surface area contributed by atoms with Crippen LogP contribution in [0.4, 0.5) is 0 Å². The Morgan fingerprint density at radius 1 is 1.19 bits per heavy atom. The van der Waals surface area contributed by atoms with Crippen LogP contribution in [0.3, 0.4) is 0 Å². The molecule has 2 fully saturated rings. The Hall–Kier alpha value is -1.79. The maximum absolute atomic E-state index is 12.9. The Morgan fingerprint density at radius 2 is 1.81 bits per heavy atom. The zero-order valence-corrected chi connectivity index (χ0v) is 16.8. The number of nitrogens with one attached hydrogen (secondary N) is 1. The fourth-order valence-corrected chi connectivity index (χ4v) is 4.30. The third-order valence-electron chi connectivity index (χ3n) is 5.66. The lowest BCUT2D eigenvalue weighted by molar-refractivity contribution is -0.130. The van der Waals surface area contributed by atoms with Crippen LogP contribution in [-0.4, -0.2) is 49.5 Å². The van der Waals surface area contributed by atoms with Crippen LogP contribution < -0.4 is 15.8 Å². The molecule has 2 unspecified atom stereocenters. The fourth-order valence-electron chi connectivity index (χ4n) is 4.30. The summed E-state index contributed by atoms with van der Waals surface area (Å²) in [7, 11) is 3.35. The summed E-state index contributed by atoms with van der Waals surface area (Å²) >= 11 is 0. The van der Waals surface area contributed by atoms with Crippen LogP contribution in [0, 0.1) is 11.8 Å². The van der Waals surface area contributed by atoms with Crippen LogP contribution in [0.1, 0.15) is 42.5 Å². The zero-order valence-electron chi connectivity index (χ0n) is 16.0. The van der Waals surface area contributed by atoms with E-state index in [1.807, 2.05) is 6.07 Å². The van der Waals surface area contributed by atoms with Gasteiger partial charge in [-0.1, -0.05) is 18.6 Å². The number of carbonyl (C=O) groups excluding carboxylic acids is 2. The Labute approximate surface area is 167 Å². The van der Waals surface area contributed by atoms with Crippen molar-refractivity contribution in [1.29, 1.82) is 0 Å². The highest BCUT2D eigenvalue weighted by molar-refractivity contribution is 5.97. The molecule has 3 rings (SSSR count). The summed E-state index contributed by atoms with van der Waals surface area (Å²) in [5, 5.41) is 3.24. The predicted octanol–water partition coefficient (Wildman–Crippen LogP) is 2.21. The van der Waals surface area contributed by atoms with Gasteiger partial charge in [-0.05, 0) is 49.7 Å². The Morgan fingerprint density at radius 3 is 2.44 bits per heavy atom. The molecule has 1 aromatic carbocycles. The number of hydrogen-bond acceptors (Lipinski definition) is 4. The van der Waals surface area contributed by atoms with Gasteiger partial charge in [-0.25, -0.2) is 0 Å². The van der Waals surface area contributed by atoms with E-state index < -0.39 is 0 Å². The summed E-state index contributed by atoms with van der Waals surface area (Å²) in [4.78, 5) is 26.1. The summed E-state index contributed by atoms with van der Waals surface area (Å²) in [5.41, 5.74) is 6.66. The molecule has 2 saturated carbocycles. The third kappa shape index (κ3) is 5.14. The van der Waals surface area contributed by atoms with E-state index in [0.717, 1.165) is 25.7 Å². The van der Waals surface area contributed by atoms with Crippen molar-refractivity contribution < 1.29 is 14.3 Å². The number of amides is 2. The summed E-state index contributed by atoms with van der Waals surface area (Å²) in [6.45, 7) is -0.0825. The van der Waals surface area contributed by atoms with E-state index in [-0.39, 0.29) is 42.9 Å². The third-order valence-corrected chi connectivity index (χ3v) is 5.66. The fraction of sp³-hybridized carbons (Fsp3) is 0.600. The molecule has 0 radical (unpaired) electrons. The first-order chi connectivity index (χ1) is 12.5. The van der Waals surface area contributed by atoms with Gasteiger partial charge in [-0.3, -0.25) is 9.59 Å². The van der Waals surface area contributed by atoms with Gasteiger partial charge in [0.15, 0.2) is 6.61 Å². The van der Waals surface area contributed by atoms with Gasteiger partial charge in [0.2, 0.25) is 0 Å². The lowest BCUT2D eigenvalue weighted by Crippen LogP contribution is -2.53. The average Bonchev–Trinajstić information content (AvgIpc) is 2.60. The average molecular weight is 396 g/mol. The van der Waals surface area contributed by atoms with Crippen molar-refractivity contribution in [3.8, 4) is 5.75 Å². The van der Waals surface area contributed by atoms with Crippen molar-refractivity contribution in [1.82, 2.24) is 10.2 Å². The largest absolute Gasteiger partial charge is 0.483 e. The topological polar surface area (TPSA) is 84.7 Å². The van der Waals surface area contributed by atoms with Crippen molar-refractivity contribution in [2.75, 3.05) is 20.7 Å². The number of rotatable bonds is 5. The van der Waals surface area contributed by atoms with Gasteiger partial charge in [0.1, 0.15) is 5.75 Å². The molecule has 1 aromatic rings. The van der Waals surface area contributed by atoms with Crippen LogP contribution in [-0.2, 0) is 4.79 Å². The van der Waals surface area contributed by atoms with Crippen molar-refractivity contribution in [2.24, 2.45) is 17.6 Å². The highest BCUT2D eigenvalue weighted by Gasteiger charge is 2.40. The van der Waals surface area contributed by atoms with E-state index in [9.17, 15) is 9.59 Å². The Kier molecular flexibility index (Phi) is 7.50. The molecule has 7 heteroatoms. The number of halogens is 1. The molecule has 0 aromatic heterocycles. The van der Waals surface area contributed by atoms with Gasteiger partial charge in [-0.2, -0.15) is 0 Å². The molecule has 2 atom stereocenters. The standard InChI is InChI=1S/C20H29N3O3.ClH/c1-23(2)18(24)12-26-17-9-4-3-8-16(17)20(25)22-19-13-6-5-7-14(19)11-15(21)10-13;/h3-4,8-9,13-15,19H,5-7,10-12,21H2,1-2H3,(H,22,25);1H. The van der Waals surface area contributed by atoms with Crippen LogP contribution in [0.2, 0.25) is 0 Å². The maximum Gasteiger partial charge on any atom is 0.259 e. The second kappa shape index (κ2) is 9.42. The van der Waals surface area contributed by atoms with E-state index in [2.05, 4.69) is 5.32 Å². The number of ether oxygens (including phenoxy) is 1. The van der Waals surface area contributed by atoms with Crippen molar-refractivity contribution >= 4 is 24.2 Å². The minimum atomic E-state index is -0.143. The minimum Gasteiger partial charge on any atom is -0.483 e. The lowest BCUT2D eigenvalue weighted by Gasteiger charge is -2.45. The zero-order chi connectivity index (χ0) is 18.7. The number of carbonyl (C=O) groups is 2. The first kappa shape index (κ1) is 21.5. The van der Waals surface area contributed by atoms with Gasteiger partial charge in [0.05, 0.1) is 5.56 Å². The van der Waals surface area contributed by atoms with Crippen LogP contribution >= 0.6 is 12.4 Å². The number of likely N-dealkylation sites (N-methyl/N-ethyl adjacent to an activating group) is 1. The molecule has 0 saturated heterocycles.